The van der Waals surface area contributed by atoms with Crippen molar-refractivity contribution in [2.24, 2.45) is 5.84 Å². The largest absolute Gasteiger partial charge is 0.398 e. The average molecular weight is 314 g/mol. The van der Waals surface area contributed by atoms with Crippen LogP contribution in [0.25, 0.3) is 0 Å². The lowest BCUT2D eigenvalue weighted by Gasteiger charge is -2.19. The molecule has 106 valence electrons. The molecule has 2 aromatic rings. The minimum absolute atomic E-state index is 0.360. The first kappa shape index (κ1) is 15.1. The summed E-state index contributed by atoms with van der Waals surface area (Å²) in [4.78, 5) is 0. The second-order valence-corrected chi connectivity index (χ2v) is 5.28. The van der Waals surface area contributed by atoms with Gasteiger partial charge in [-0.3, -0.25) is 11.3 Å². The summed E-state index contributed by atoms with van der Waals surface area (Å²) in [5.74, 6) is 5.19. The van der Waals surface area contributed by atoms with Crippen molar-refractivity contribution in [1.29, 1.82) is 0 Å². The zero-order valence-electron chi connectivity index (χ0n) is 10.5. The molecule has 0 aliphatic heterocycles. The molecule has 0 saturated heterocycles. The maximum atomic E-state index is 13.4. The minimum atomic E-state index is -0.369. The van der Waals surface area contributed by atoms with E-state index in [1.807, 2.05) is 0 Å². The van der Waals surface area contributed by atoms with Gasteiger partial charge in [0.25, 0.3) is 0 Å². The van der Waals surface area contributed by atoms with Crippen molar-refractivity contribution in [3.63, 3.8) is 0 Å². The average Bonchev–Trinajstić information content (AvgIpc) is 2.42. The van der Waals surface area contributed by atoms with Gasteiger partial charge in [-0.05, 0) is 53.9 Å². The number of hydrazine groups is 1. The molecule has 0 amide bonds. The van der Waals surface area contributed by atoms with Crippen molar-refractivity contribution < 1.29 is 4.39 Å². The first-order chi connectivity index (χ1) is 9.51. The number of nitrogens with one attached hydrogen (secondary N) is 1. The molecule has 0 heterocycles. The highest BCUT2D eigenvalue weighted by Crippen LogP contribution is 2.28. The Balaban J connectivity index is 2.33. The van der Waals surface area contributed by atoms with E-state index in [4.69, 9.17) is 34.8 Å². The molecule has 0 bridgehead atoms. The summed E-state index contributed by atoms with van der Waals surface area (Å²) in [5.41, 5.74) is 10.4. The summed E-state index contributed by atoms with van der Waals surface area (Å²) in [5, 5.41) is 1.15. The minimum Gasteiger partial charge on any atom is -0.398 e. The number of benzene rings is 2. The number of hydrogen-bond donors (Lipinski definition) is 3. The Morgan fingerprint density at radius 2 is 1.90 bits per heavy atom. The first-order valence-electron chi connectivity index (χ1n) is 5.96. The molecule has 0 spiro atoms. The van der Waals surface area contributed by atoms with Gasteiger partial charge in [-0.15, -0.1) is 0 Å². The van der Waals surface area contributed by atoms with Crippen molar-refractivity contribution in [1.82, 2.24) is 5.43 Å². The number of hydrogen-bond acceptors (Lipinski definition) is 3. The lowest BCUT2D eigenvalue weighted by Crippen LogP contribution is -2.30. The van der Waals surface area contributed by atoms with Crippen molar-refractivity contribution in [3.8, 4) is 0 Å². The number of nitrogen functional groups attached to an aromatic ring is 1. The van der Waals surface area contributed by atoms with Gasteiger partial charge in [0.05, 0.1) is 6.04 Å². The Hall–Kier alpha value is -1.33. The molecule has 6 heteroatoms. The predicted molar refractivity (Wildman–Crippen MR) is 81.0 cm³/mol. The summed E-state index contributed by atoms with van der Waals surface area (Å²) < 4.78 is 13.4. The molecule has 20 heavy (non-hydrogen) atoms. The van der Waals surface area contributed by atoms with Crippen LogP contribution < -0.4 is 17.0 Å². The summed E-state index contributed by atoms with van der Waals surface area (Å²) >= 11 is 12.1. The summed E-state index contributed by atoms with van der Waals surface area (Å²) in [6.45, 7) is 0. The van der Waals surface area contributed by atoms with Crippen molar-refractivity contribution >= 4 is 28.9 Å². The van der Waals surface area contributed by atoms with Gasteiger partial charge in [0.1, 0.15) is 5.82 Å². The van der Waals surface area contributed by atoms with E-state index < -0.39 is 0 Å². The van der Waals surface area contributed by atoms with E-state index in [9.17, 15) is 4.39 Å². The standard InChI is InChI=1S/C14H14Cl2FN3/c15-9-1-3-12(16)8(5-9)6-14(20-19)11-7-10(17)2-4-13(11)18/h1-5,7,14,20H,6,18-19H2. The molecule has 0 fully saturated rings. The SMILES string of the molecule is NNC(Cc1cc(Cl)ccc1Cl)c1cc(F)ccc1N. The van der Waals surface area contributed by atoms with E-state index >= 15 is 0 Å². The van der Waals surface area contributed by atoms with Crippen LogP contribution in [0.3, 0.4) is 0 Å². The lowest BCUT2D eigenvalue weighted by molar-refractivity contribution is 0.546. The molecule has 3 nitrogen and oxygen atoms in total. The zero-order chi connectivity index (χ0) is 14.7. The van der Waals surface area contributed by atoms with Crippen LogP contribution in [0, 0.1) is 5.82 Å². The highest BCUT2D eigenvalue weighted by atomic mass is 35.5. The molecular weight excluding hydrogens is 300 g/mol. The van der Waals surface area contributed by atoms with E-state index in [-0.39, 0.29) is 11.9 Å². The van der Waals surface area contributed by atoms with E-state index in [0.29, 0.717) is 27.7 Å². The lowest BCUT2D eigenvalue weighted by atomic mass is 9.98. The summed E-state index contributed by atoms with van der Waals surface area (Å²) in [6.07, 6.45) is 0.448. The number of nitrogens with two attached hydrogens (primary N) is 2. The Morgan fingerprint density at radius 1 is 1.15 bits per heavy atom. The highest BCUT2D eigenvalue weighted by Gasteiger charge is 2.16. The fourth-order valence-corrected chi connectivity index (χ4v) is 2.42. The fraction of sp³-hybridized carbons (Fsp3) is 0.143. The summed E-state index contributed by atoms with van der Waals surface area (Å²) in [7, 11) is 0. The van der Waals surface area contributed by atoms with Crippen LogP contribution in [0.4, 0.5) is 10.1 Å². The van der Waals surface area contributed by atoms with Crippen LogP contribution in [-0.4, -0.2) is 0 Å². The molecule has 2 aromatic carbocycles. The molecule has 0 saturated carbocycles. The number of anilines is 1. The summed E-state index contributed by atoms with van der Waals surface area (Å²) in [6, 6.07) is 8.98. The predicted octanol–water partition coefficient (Wildman–Crippen LogP) is 3.46. The van der Waals surface area contributed by atoms with Crippen LogP contribution in [0.1, 0.15) is 17.2 Å². The number of halogens is 3. The third kappa shape index (κ3) is 3.41. The fourth-order valence-electron chi connectivity index (χ4n) is 2.03. The van der Waals surface area contributed by atoms with E-state index in [1.54, 1.807) is 18.2 Å². The maximum Gasteiger partial charge on any atom is 0.123 e. The molecule has 0 aliphatic carbocycles. The van der Waals surface area contributed by atoms with Gasteiger partial charge in [0.15, 0.2) is 0 Å². The van der Waals surface area contributed by atoms with Gasteiger partial charge >= 0.3 is 0 Å². The van der Waals surface area contributed by atoms with Crippen LogP contribution in [0.15, 0.2) is 36.4 Å². The molecule has 0 radical (unpaired) electrons. The van der Waals surface area contributed by atoms with Gasteiger partial charge in [0, 0.05) is 15.7 Å². The quantitative estimate of drug-likeness (QED) is 0.460. The smallest absolute Gasteiger partial charge is 0.123 e. The Labute approximate surface area is 126 Å². The molecular formula is C14H14Cl2FN3. The van der Waals surface area contributed by atoms with Crippen LogP contribution in [0.2, 0.25) is 10.0 Å². The third-order valence-corrected chi connectivity index (χ3v) is 3.66. The monoisotopic (exact) mass is 313 g/mol. The third-order valence-electron chi connectivity index (χ3n) is 3.06. The maximum absolute atomic E-state index is 13.4. The second-order valence-electron chi connectivity index (χ2n) is 4.43. The van der Waals surface area contributed by atoms with Gasteiger partial charge in [-0.2, -0.15) is 0 Å². The normalized spacial score (nSPS) is 12.4. The molecule has 1 atom stereocenters. The second kappa shape index (κ2) is 6.41. The van der Waals surface area contributed by atoms with E-state index in [0.717, 1.165) is 5.56 Å². The van der Waals surface area contributed by atoms with E-state index in [2.05, 4.69) is 5.43 Å². The molecule has 0 aliphatic rings. The highest BCUT2D eigenvalue weighted by molar-refractivity contribution is 6.33. The van der Waals surface area contributed by atoms with Crippen LogP contribution in [-0.2, 0) is 6.42 Å². The van der Waals surface area contributed by atoms with E-state index in [1.165, 1.54) is 18.2 Å². The van der Waals surface area contributed by atoms with Crippen molar-refractivity contribution in [3.05, 3.63) is 63.4 Å². The topological polar surface area (TPSA) is 64.1 Å². The Bertz CT molecular complexity index is 619. The number of rotatable bonds is 4. The van der Waals surface area contributed by atoms with Crippen molar-refractivity contribution in [2.45, 2.75) is 12.5 Å². The molecule has 0 aromatic heterocycles. The Morgan fingerprint density at radius 3 is 2.60 bits per heavy atom. The molecule has 2 rings (SSSR count). The van der Waals surface area contributed by atoms with Gasteiger partial charge < -0.3 is 5.73 Å². The Kier molecular flexibility index (Phi) is 4.83. The van der Waals surface area contributed by atoms with Crippen LogP contribution >= 0.6 is 23.2 Å². The van der Waals surface area contributed by atoms with Crippen molar-refractivity contribution in [2.75, 3.05) is 5.73 Å². The molecule has 5 N–H and O–H groups in total. The van der Waals surface area contributed by atoms with Gasteiger partial charge in [0.2, 0.25) is 0 Å². The molecule has 1 unspecified atom stereocenters. The van der Waals surface area contributed by atoms with Crippen LogP contribution in [0.5, 0.6) is 0 Å². The van der Waals surface area contributed by atoms with Gasteiger partial charge in [-0.25, -0.2) is 4.39 Å². The van der Waals surface area contributed by atoms with Gasteiger partial charge in [-0.1, -0.05) is 23.2 Å². The first-order valence-corrected chi connectivity index (χ1v) is 6.72. The zero-order valence-corrected chi connectivity index (χ0v) is 12.0.